The first-order valence-electron chi connectivity index (χ1n) is 8.55. The van der Waals surface area contributed by atoms with Crippen LogP contribution in [0.5, 0.6) is 5.75 Å². The van der Waals surface area contributed by atoms with E-state index >= 15 is 0 Å². The molecule has 1 amide bonds. The summed E-state index contributed by atoms with van der Waals surface area (Å²) in [6.07, 6.45) is -3.56. The molecule has 1 atom stereocenters. The molecular weight excluding hydrogens is 377 g/mol. The van der Waals surface area contributed by atoms with Crippen LogP contribution in [0.3, 0.4) is 0 Å². The Morgan fingerprint density at radius 1 is 1.43 bits per heavy atom. The zero-order valence-electron chi connectivity index (χ0n) is 15.5. The van der Waals surface area contributed by atoms with Gasteiger partial charge in [-0.15, -0.1) is 0 Å². The number of amides is 1. The molecule has 150 valence electrons. The molecule has 0 aliphatic carbocycles. The molecule has 2 aromatic rings. The molecule has 0 saturated heterocycles. The van der Waals surface area contributed by atoms with Crippen LogP contribution in [0.2, 0.25) is 0 Å². The lowest BCUT2D eigenvalue weighted by atomic mass is 10.1. The van der Waals surface area contributed by atoms with Crippen LogP contribution in [0.15, 0.2) is 29.6 Å². The first kappa shape index (κ1) is 19.7. The number of imidazole rings is 1. The SMILES string of the molecule is CCn1cc(C2=NOC(C(=O)Nc3ccc(OC)c(C(F)(F)F)c3)C2)nc1C. The van der Waals surface area contributed by atoms with Gasteiger partial charge < -0.3 is 19.5 Å². The minimum Gasteiger partial charge on any atom is -0.496 e. The molecule has 0 radical (unpaired) electrons. The number of alkyl halides is 3. The van der Waals surface area contributed by atoms with Gasteiger partial charge in [0.05, 0.1) is 12.7 Å². The van der Waals surface area contributed by atoms with Crippen LogP contribution in [0.25, 0.3) is 0 Å². The molecule has 28 heavy (non-hydrogen) atoms. The van der Waals surface area contributed by atoms with Crippen molar-refractivity contribution in [3.05, 3.63) is 41.5 Å². The summed E-state index contributed by atoms with van der Waals surface area (Å²) < 4.78 is 46.0. The summed E-state index contributed by atoms with van der Waals surface area (Å²) >= 11 is 0. The minimum absolute atomic E-state index is 0.0127. The van der Waals surface area contributed by atoms with Gasteiger partial charge in [-0.05, 0) is 32.0 Å². The second kappa shape index (κ2) is 7.53. The van der Waals surface area contributed by atoms with Gasteiger partial charge in [-0.2, -0.15) is 13.2 Å². The highest BCUT2D eigenvalue weighted by Crippen LogP contribution is 2.37. The van der Waals surface area contributed by atoms with E-state index in [0.29, 0.717) is 11.4 Å². The summed E-state index contributed by atoms with van der Waals surface area (Å²) in [7, 11) is 1.15. The number of rotatable bonds is 5. The number of anilines is 1. The summed E-state index contributed by atoms with van der Waals surface area (Å²) in [5.41, 5.74) is 0.138. The highest BCUT2D eigenvalue weighted by Gasteiger charge is 2.35. The number of benzene rings is 1. The van der Waals surface area contributed by atoms with Gasteiger partial charge in [-0.25, -0.2) is 4.98 Å². The van der Waals surface area contributed by atoms with Crippen molar-refractivity contribution in [1.29, 1.82) is 0 Å². The van der Waals surface area contributed by atoms with Crippen molar-refractivity contribution >= 4 is 17.3 Å². The Bertz CT molecular complexity index is 921. The number of aryl methyl sites for hydroxylation is 2. The van der Waals surface area contributed by atoms with E-state index in [1.165, 1.54) is 6.07 Å². The van der Waals surface area contributed by atoms with Crippen molar-refractivity contribution < 1.29 is 27.5 Å². The van der Waals surface area contributed by atoms with Crippen molar-refractivity contribution in [2.45, 2.75) is 39.1 Å². The van der Waals surface area contributed by atoms with Crippen molar-refractivity contribution in [3.8, 4) is 5.75 Å². The second-order valence-electron chi connectivity index (χ2n) is 6.20. The quantitative estimate of drug-likeness (QED) is 0.841. The lowest BCUT2D eigenvalue weighted by Gasteiger charge is -2.15. The van der Waals surface area contributed by atoms with Gasteiger partial charge in [-0.1, -0.05) is 5.16 Å². The Hall–Kier alpha value is -3.04. The normalized spacial score (nSPS) is 16.5. The number of carbonyl (C=O) groups is 1. The zero-order chi connectivity index (χ0) is 20.5. The Morgan fingerprint density at radius 2 is 2.18 bits per heavy atom. The number of nitrogens with zero attached hydrogens (tertiary/aromatic N) is 3. The molecule has 1 aromatic heterocycles. The average molecular weight is 396 g/mol. The zero-order valence-corrected chi connectivity index (χ0v) is 15.5. The van der Waals surface area contributed by atoms with Gasteiger partial charge in [0, 0.05) is 24.8 Å². The smallest absolute Gasteiger partial charge is 0.420 e. The number of aromatic nitrogens is 2. The second-order valence-corrected chi connectivity index (χ2v) is 6.20. The van der Waals surface area contributed by atoms with Crippen LogP contribution in [-0.4, -0.2) is 34.4 Å². The summed E-state index contributed by atoms with van der Waals surface area (Å²) in [5.74, 6) is -0.107. The van der Waals surface area contributed by atoms with E-state index in [-0.39, 0.29) is 17.9 Å². The van der Waals surface area contributed by atoms with Crippen molar-refractivity contribution in [2.75, 3.05) is 12.4 Å². The van der Waals surface area contributed by atoms with E-state index in [1.54, 1.807) is 0 Å². The molecule has 0 bridgehead atoms. The molecule has 0 saturated carbocycles. The van der Waals surface area contributed by atoms with Crippen LogP contribution in [0.4, 0.5) is 18.9 Å². The van der Waals surface area contributed by atoms with Crippen molar-refractivity contribution in [3.63, 3.8) is 0 Å². The van der Waals surface area contributed by atoms with E-state index < -0.39 is 23.8 Å². The number of ether oxygens (including phenoxy) is 1. The standard InChI is InChI=1S/C18H19F3N4O3/c1-4-25-9-14(22-10(25)2)13-8-16(28-24-13)17(26)23-11-5-6-15(27-3)12(7-11)18(19,20)21/h5-7,9,16H,4,8H2,1-3H3,(H,23,26). The topological polar surface area (TPSA) is 77.7 Å². The number of oxime groups is 1. The molecule has 2 heterocycles. The molecule has 1 aliphatic heterocycles. The predicted octanol–water partition coefficient (Wildman–Crippen LogP) is 3.37. The molecule has 10 heteroatoms. The summed E-state index contributed by atoms with van der Waals surface area (Å²) in [6, 6.07) is 3.30. The van der Waals surface area contributed by atoms with Gasteiger partial charge in [0.2, 0.25) is 6.10 Å². The van der Waals surface area contributed by atoms with Gasteiger partial charge >= 0.3 is 6.18 Å². The van der Waals surface area contributed by atoms with E-state index in [1.807, 2.05) is 24.6 Å². The van der Waals surface area contributed by atoms with E-state index in [4.69, 9.17) is 9.57 Å². The van der Waals surface area contributed by atoms with E-state index in [0.717, 1.165) is 31.6 Å². The Balaban J connectivity index is 1.69. The highest BCUT2D eigenvalue weighted by atomic mass is 19.4. The lowest BCUT2D eigenvalue weighted by Crippen LogP contribution is -2.28. The van der Waals surface area contributed by atoms with Crippen molar-refractivity contribution in [2.24, 2.45) is 5.16 Å². The summed E-state index contributed by atoms with van der Waals surface area (Å²) in [4.78, 5) is 21.9. The highest BCUT2D eigenvalue weighted by molar-refractivity contribution is 6.05. The average Bonchev–Trinajstić information content (AvgIpc) is 3.27. The maximum absolute atomic E-state index is 13.1. The fourth-order valence-corrected chi connectivity index (χ4v) is 2.87. The number of carbonyl (C=O) groups excluding carboxylic acids is 1. The van der Waals surface area contributed by atoms with E-state index in [2.05, 4.69) is 15.5 Å². The molecule has 1 N–H and O–H groups in total. The first-order chi connectivity index (χ1) is 13.2. The van der Waals surface area contributed by atoms with E-state index in [9.17, 15) is 18.0 Å². The Labute approximate surface area is 159 Å². The van der Waals surface area contributed by atoms with Crippen LogP contribution in [-0.2, 0) is 22.4 Å². The summed E-state index contributed by atoms with van der Waals surface area (Å²) in [5, 5.41) is 6.33. The Morgan fingerprint density at radius 3 is 2.79 bits per heavy atom. The predicted molar refractivity (Wildman–Crippen MR) is 95.3 cm³/mol. The molecule has 1 unspecified atom stereocenters. The third-order valence-electron chi connectivity index (χ3n) is 4.35. The maximum Gasteiger partial charge on any atom is 0.420 e. The van der Waals surface area contributed by atoms with Crippen molar-refractivity contribution in [1.82, 2.24) is 9.55 Å². The number of nitrogens with one attached hydrogen (secondary N) is 1. The third-order valence-corrected chi connectivity index (χ3v) is 4.35. The Kier molecular flexibility index (Phi) is 5.30. The first-order valence-corrected chi connectivity index (χ1v) is 8.55. The van der Waals surface area contributed by atoms with Gasteiger partial charge in [0.15, 0.2) is 0 Å². The maximum atomic E-state index is 13.1. The molecule has 1 aliphatic rings. The molecule has 0 fully saturated rings. The summed E-state index contributed by atoms with van der Waals surface area (Å²) in [6.45, 7) is 4.58. The van der Waals surface area contributed by atoms with Crippen LogP contribution in [0.1, 0.15) is 30.4 Å². The fraction of sp³-hybridized carbons (Fsp3) is 0.389. The van der Waals surface area contributed by atoms with Crippen LogP contribution in [0, 0.1) is 6.92 Å². The molecule has 7 nitrogen and oxygen atoms in total. The lowest BCUT2D eigenvalue weighted by molar-refractivity contribution is -0.138. The van der Waals surface area contributed by atoms with Gasteiger partial charge in [0.25, 0.3) is 5.91 Å². The third kappa shape index (κ3) is 3.95. The molecule has 0 spiro atoms. The number of hydrogen-bond donors (Lipinski definition) is 1. The monoisotopic (exact) mass is 396 g/mol. The van der Waals surface area contributed by atoms with Gasteiger partial charge in [0.1, 0.15) is 23.0 Å². The number of methoxy groups -OCH3 is 1. The molecular formula is C18H19F3N4O3. The fourth-order valence-electron chi connectivity index (χ4n) is 2.87. The number of halogens is 3. The molecule has 3 rings (SSSR count). The van der Waals surface area contributed by atoms with Gasteiger partial charge in [-0.3, -0.25) is 4.79 Å². The van der Waals surface area contributed by atoms with Crippen LogP contribution < -0.4 is 10.1 Å². The largest absolute Gasteiger partial charge is 0.496 e. The minimum atomic E-state index is -4.61. The number of hydrogen-bond acceptors (Lipinski definition) is 5. The molecule has 1 aromatic carbocycles. The van der Waals surface area contributed by atoms with Crippen LogP contribution >= 0.6 is 0 Å².